The predicted octanol–water partition coefficient (Wildman–Crippen LogP) is 4.02. The molecule has 172 valence electrons. The van der Waals surface area contributed by atoms with Gasteiger partial charge in [0.15, 0.2) is 0 Å². The lowest BCUT2D eigenvalue weighted by atomic mass is 10.2. The zero-order valence-electron chi connectivity index (χ0n) is 18.5. The van der Waals surface area contributed by atoms with Crippen molar-refractivity contribution >= 4 is 23.6 Å². The standard InChI is InChI=1S/C21H41ClN2O5/c1-21(2,3)29-20(26)24-13-9-6-7-11-19(25)23-14-16-28-18-17-27-15-10-5-4-8-12-22/h4-18H2,1-3H3,(H,23,25)(H,24,26). The molecule has 0 radical (unpaired) electrons. The van der Waals surface area contributed by atoms with E-state index in [-0.39, 0.29) is 5.91 Å². The Labute approximate surface area is 181 Å². The quantitative estimate of drug-likeness (QED) is 0.250. The van der Waals surface area contributed by atoms with Crippen LogP contribution in [0.4, 0.5) is 4.79 Å². The van der Waals surface area contributed by atoms with Crippen molar-refractivity contribution in [2.24, 2.45) is 0 Å². The van der Waals surface area contributed by atoms with Crippen LogP contribution in [0.2, 0.25) is 0 Å². The Hall–Kier alpha value is -1.05. The topological polar surface area (TPSA) is 85.9 Å². The van der Waals surface area contributed by atoms with Crippen LogP contribution in [0.3, 0.4) is 0 Å². The van der Waals surface area contributed by atoms with Crippen LogP contribution in [0.15, 0.2) is 0 Å². The maximum absolute atomic E-state index is 11.7. The Morgan fingerprint density at radius 2 is 1.41 bits per heavy atom. The number of rotatable bonds is 18. The molecule has 0 saturated carbocycles. The first-order chi connectivity index (χ1) is 13.8. The molecule has 0 rings (SSSR count). The summed E-state index contributed by atoms with van der Waals surface area (Å²) >= 11 is 5.62. The average molecular weight is 437 g/mol. The lowest BCUT2D eigenvalue weighted by Gasteiger charge is -2.19. The molecule has 0 aliphatic rings. The molecule has 0 spiro atoms. The number of hydrogen-bond donors (Lipinski definition) is 2. The van der Waals surface area contributed by atoms with Crippen LogP contribution in [-0.4, -0.2) is 63.0 Å². The van der Waals surface area contributed by atoms with E-state index in [2.05, 4.69) is 10.6 Å². The highest BCUT2D eigenvalue weighted by Crippen LogP contribution is 2.06. The molecule has 0 aromatic rings. The van der Waals surface area contributed by atoms with Gasteiger partial charge in [-0.2, -0.15) is 0 Å². The van der Waals surface area contributed by atoms with Gasteiger partial charge in [-0.05, 0) is 46.5 Å². The largest absolute Gasteiger partial charge is 0.444 e. The Morgan fingerprint density at radius 1 is 0.759 bits per heavy atom. The molecular formula is C21H41ClN2O5. The summed E-state index contributed by atoms with van der Waals surface area (Å²) < 4.78 is 16.1. The predicted molar refractivity (Wildman–Crippen MR) is 117 cm³/mol. The van der Waals surface area contributed by atoms with Gasteiger partial charge in [-0.3, -0.25) is 4.79 Å². The van der Waals surface area contributed by atoms with Crippen molar-refractivity contribution in [3.05, 3.63) is 0 Å². The van der Waals surface area contributed by atoms with Gasteiger partial charge in [0.25, 0.3) is 0 Å². The second-order valence-electron chi connectivity index (χ2n) is 7.92. The van der Waals surface area contributed by atoms with Crippen LogP contribution >= 0.6 is 11.6 Å². The van der Waals surface area contributed by atoms with Gasteiger partial charge in [-0.15, -0.1) is 11.6 Å². The fourth-order valence-corrected chi connectivity index (χ4v) is 2.61. The lowest BCUT2D eigenvalue weighted by molar-refractivity contribution is -0.121. The minimum Gasteiger partial charge on any atom is -0.444 e. The maximum Gasteiger partial charge on any atom is 0.407 e. The summed E-state index contributed by atoms with van der Waals surface area (Å²) in [4.78, 5) is 23.2. The Balaban J connectivity index is 3.29. The molecule has 0 unspecified atom stereocenters. The van der Waals surface area contributed by atoms with E-state index in [0.29, 0.717) is 39.3 Å². The summed E-state index contributed by atoms with van der Waals surface area (Å²) in [6.45, 7) is 8.94. The first-order valence-corrected chi connectivity index (χ1v) is 11.3. The summed E-state index contributed by atoms with van der Waals surface area (Å²) in [7, 11) is 0. The molecule has 0 aromatic carbocycles. The number of nitrogens with one attached hydrogen (secondary N) is 2. The van der Waals surface area contributed by atoms with Crippen LogP contribution in [-0.2, 0) is 19.0 Å². The van der Waals surface area contributed by atoms with Crippen LogP contribution in [0.1, 0.15) is 72.1 Å². The molecule has 8 heteroatoms. The zero-order chi connectivity index (χ0) is 21.8. The lowest BCUT2D eigenvalue weighted by Crippen LogP contribution is -2.33. The molecule has 0 saturated heterocycles. The van der Waals surface area contributed by atoms with E-state index in [1.54, 1.807) is 0 Å². The summed E-state index contributed by atoms with van der Waals surface area (Å²) in [5, 5.41) is 5.55. The number of ether oxygens (including phenoxy) is 3. The van der Waals surface area contributed by atoms with Crippen molar-refractivity contribution in [1.82, 2.24) is 10.6 Å². The Morgan fingerprint density at radius 3 is 2.10 bits per heavy atom. The normalized spacial score (nSPS) is 11.3. The summed E-state index contributed by atoms with van der Waals surface area (Å²) in [5.41, 5.74) is -0.483. The van der Waals surface area contributed by atoms with Crippen molar-refractivity contribution in [1.29, 1.82) is 0 Å². The third-order valence-corrected chi connectivity index (χ3v) is 4.13. The van der Waals surface area contributed by atoms with E-state index in [1.165, 1.54) is 0 Å². The van der Waals surface area contributed by atoms with Gasteiger partial charge in [0, 0.05) is 32.0 Å². The van der Waals surface area contributed by atoms with E-state index in [9.17, 15) is 9.59 Å². The Bertz CT molecular complexity index is 416. The van der Waals surface area contributed by atoms with Gasteiger partial charge in [0.05, 0.1) is 19.8 Å². The number of carbonyl (C=O) groups excluding carboxylic acids is 2. The van der Waals surface area contributed by atoms with Crippen molar-refractivity contribution in [3.8, 4) is 0 Å². The summed E-state index contributed by atoms with van der Waals surface area (Å²) in [6.07, 6.45) is 7.02. The monoisotopic (exact) mass is 436 g/mol. The van der Waals surface area contributed by atoms with Gasteiger partial charge in [-0.1, -0.05) is 19.3 Å². The van der Waals surface area contributed by atoms with E-state index in [4.69, 9.17) is 25.8 Å². The second-order valence-corrected chi connectivity index (χ2v) is 8.30. The molecule has 2 amide bonds. The Kier molecular flexibility index (Phi) is 18.3. The van der Waals surface area contributed by atoms with E-state index in [0.717, 1.165) is 57.4 Å². The molecular weight excluding hydrogens is 396 g/mol. The molecule has 0 atom stereocenters. The van der Waals surface area contributed by atoms with Crippen LogP contribution < -0.4 is 10.6 Å². The minimum absolute atomic E-state index is 0.0295. The second kappa shape index (κ2) is 18.9. The highest BCUT2D eigenvalue weighted by molar-refractivity contribution is 6.17. The SMILES string of the molecule is CC(C)(C)OC(=O)NCCCCCC(=O)NCCOCCOCCCCCCCl. The first kappa shape index (κ1) is 27.9. The summed E-state index contributed by atoms with van der Waals surface area (Å²) in [6, 6.07) is 0. The number of alkyl carbamates (subject to hydrolysis) is 1. The van der Waals surface area contributed by atoms with Crippen molar-refractivity contribution in [3.63, 3.8) is 0 Å². The number of alkyl halides is 1. The third-order valence-electron chi connectivity index (χ3n) is 3.86. The first-order valence-electron chi connectivity index (χ1n) is 10.8. The van der Waals surface area contributed by atoms with E-state index in [1.807, 2.05) is 20.8 Å². The van der Waals surface area contributed by atoms with Crippen molar-refractivity contribution < 1.29 is 23.8 Å². The number of unbranched alkanes of at least 4 members (excludes halogenated alkanes) is 5. The minimum atomic E-state index is -0.483. The molecule has 2 N–H and O–H groups in total. The molecule has 0 fully saturated rings. The van der Waals surface area contributed by atoms with Crippen LogP contribution in [0.25, 0.3) is 0 Å². The number of halogens is 1. The smallest absolute Gasteiger partial charge is 0.407 e. The van der Waals surface area contributed by atoms with Crippen LogP contribution in [0.5, 0.6) is 0 Å². The zero-order valence-corrected chi connectivity index (χ0v) is 19.3. The molecule has 0 heterocycles. The van der Waals surface area contributed by atoms with Gasteiger partial charge >= 0.3 is 6.09 Å². The molecule has 0 bridgehead atoms. The number of hydrogen-bond acceptors (Lipinski definition) is 5. The van der Waals surface area contributed by atoms with Gasteiger partial charge in [-0.25, -0.2) is 4.79 Å². The number of carbonyl (C=O) groups is 2. The fraction of sp³-hybridized carbons (Fsp3) is 0.905. The average Bonchev–Trinajstić information content (AvgIpc) is 2.64. The van der Waals surface area contributed by atoms with Gasteiger partial charge in [0.1, 0.15) is 5.60 Å². The molecule has 0 aliphatic carbocycles. The maximum atomic E-state index is 11.7. The van der Waals surface area contributed by atoms with E-state index < -0.39 is 11.7 Å². The van der Waals surface area contributed by atoms with Crippen molar-refractivity contribution in [2.45, 2.75) is 77.7 Å². The highest BCUT2D eigenvalue weighted by Gasteiger charge is 2.15. The molecule has 29 heavy (non-hydrogen) atoms. The van der Waals surface area contributed by atoms with Crippen LogP contribution in [0, 0.1) is 0 Å². The highest BCUT2D eigenvalue weighted by atomic mass is 35.5. The molecule has 0 aliphatic heterocycles. The van der Waals surface area contributed by atoms with Gasteiger partial charge < -0.3 is 24.8 Å². The fourth-order valence-electron chi connectivity index (χ4n) is 2.42. The summed E-state index contributed by atoms with van der Waals surface area (Å²) in [5.74, 6) is 0.764. The number of amides is 2. The molecule has 7 nitrogen and oxygen atoms in total. The van der Waals surface area contributed by atoms with E-state index >= 15 is 0 Å². The third kappa shape index (κ3) is 23.1. The van der Waals surface area contributed by atoms with Gasteiger partial charge in [0.2, 0.25) is 5.91 Å². The molecule has 0 aromatic heterocycles. The van der Waals surface area contributed by atoms with Crippen molar-refractivity contribution in [2.75, 3.05) is 45.4 Å².